The van der Waals surface area contributed by atoms with Crippen molar-refractivity contribution >= 4 is 35.8 Å². The van der Waals surface area contributed by atoms with Gasteiger partial charge in [-0.2, -0.15) is 0 Å². The molecule has 1 heterocycles. The Hall–Kier alpha value is -1.71. The normalized spacial score (nSPS) is 16.9. The first-order valence-electron chi connectivity index (χ1n) is 11.5. The Balaban J connectivity index is 0.00000363. The molecule has 180 valence electrons. The Morgan fingerprint density at radius 1 is 1.16 bits per heavy atom. The van der Waals surface area contributed by atoms with Crippen molar-refractivity contribution in [3.05, 3.63) is 23.3 Å². The van der Waals surface area contributed by atoms with Crippen molar-refractivity contribution in [1.29, 1.82) is 0 Å². The number of benzene rings is 1. The minimum atomic E-state index is 0. The van der Waals surface area contributed by atoms with Gasteiger partial charge < -0.3 is 25.0 Å². The van der Waals surface area contributed by atoms with E-state index < -0.39 is 0 Å². The fraction of sp³-hybridized carbons (Fsp3) is 0.667. The third-order valence-electron chi connectivity index (χ3n) is 6.95. The van der Waals surface area contributed by atoms with E-state index in [-0.39, 0.29) is 29.9 Å². The van der Waals surface area contributed by atoms with E-state index in [0.29, 0.717) is 24.1 Å². The van der Waals surface area contributed by atoms with Crippen molar-refractivity contribution in [1.82, 2.24) is 15.5 Å². The standard InChI is InChI=1S/C24H38N4O3.HI/c1-5-24(10-7-11-24)17-27-23(25-2)26-12-6-8-22(29)28-13-9-18-14-20(30-3)21(31-4)15-19(18)16-28;/h14-15H,5-13,16-17H2,1-4H3,(H2,25,26,27);1H. The third-order valence-corrected chi connectivity index (χ3v) is 6.95. The summed E-state index contributed by atoms with van der Waals surface area (Å²) in [6, 6.07) is 4.03. The molecule has 2 aliphatic rings. The van der Waals surface area contributed by atoms with Gasteiger partial charge in [0.25, 0.3) is 0 Å². The van der Waals surface area contributed by atoms with Gasteiger partial charge in [-0.05, 0) is 60.8 Å². The lowest BCUT2D eigenvalue weighted by atomic mass is 9.67. The van der Waals surface area contributed by atoms with Gasteiger partial charge >= 0.3 is 0 Å². The number of methoxy groups -OCH3 is 2. The van der Waals surface area contributed by atoms with Crippen molar-refractivity contribution in [2.75, 3.05) is 40.9 Å². The zero-order valence-electron chi connectivity index (χ0n) is 20.0. The molecule has 0 atom stereocenters. The van der Waals surface area contributed by atoms with Crippen molar-refractivity contribution in [2.45, 2.75) is 58.4 Å². The smallest absolute Gasteiger partial charge is 0.222 e. The molecule has 1 amide bonds. The van der Waals surface area contributed by atoms with E-state index in [1.807, 2.05) is 17.0 Å². The molecule has 1 fully saturated rings. The quantitative estimate of drug-likeness (QED) is 0.209. The molecule has 8 heteroatoms. The van der Waals surface area contributed by atoms with Gasteiger partial charge in [0, 0.05) is 39.6 Å². The maximum Gasteiger partial charge on any atom is 0.222 e. The molecular formula is C24H39IN4O3. The summed E-state index contributed by atoms with van der Waals surface area (Å²) in [4.78, 5) is 19.0. The molecule has 0 aromatic heterocycles. The Kier molecular flexibility index (Phi) is 10.4. The Morgan fingerprint density at radius 2 is 1.84 bits per heavy atom. The molecule has 0 bridgehead atoms. The van der Waals surface area contributed by atoms with E-state index >= 15 is 0 Å². The SMILES string of the molecule is CCC1(CNC(=NC)NCCCC(=O)N2CCc3cc(OC)c(OC)cc3C2)CCC1.I. The molecule has 1 aromatic rings. The van der Waals surface area contributed by atoms with Gasteiger partial charge in [0.2, 0.25) is 5.91 Å². The minimum absolute atomic E-state index is 0. The van der Waals surface area contributed by atoms with Gasteiger partial charge in [0.1, 0.15) is 0 Å². The number of hydrogen-bond donors (Lipinski definition) is 2. The molecule has 1 aromatic carbocycles. The number of halogens is 1. The number of hydrogen-bond acceptors (Lipinski definition) is 4. The summed E-state index contributed by atoms with van der Waals surface area (Å²) in [6.45, 7) is 5.36. The number of nitrogens with zero attached hydrogens (tertiary/aromatic N) is 2. The predicted octanol–water partition coefficient (Wildman–Crippen LogP) is 3.73. The van der Waals surface area contributed by atoms with Gasteiger partial charge in [0.05, 0.1) is 14.2 Å². The Labute approximate surface area is 209 Å². The fourth-order valence-corrected chi connectivity index (χ4v) is 4.52. The molecule has 0 radical (unpaired) electrons. The number of carbonyl (C=O) groups is 1. The van der Waals surface area contributed by atoms with E-state index in [1.165, 1.54) is 31.2 Å². The molecule has 0 saturated heterocycles. The van der Waals surface area contributed by atoms with E-state index in [2.05, 4.69) is 22.5 Å². The van der Waals surface area contributed by atoms with E-state index in [9.17, 15) is 4.79 Å². The monoisotopic (exact) mass is 558 g/mol. The molecule has 0 unspecified atom stereocenters. The van der Waals surface area contributed by atoms with Crippen LogP contribution in [0.1, 0.15) is 56.6 Å². The van der Waals surface area contributed by atoms with Crippen molar-refractivity contribution in [3.63, 3.8) is 0 Å². The third kappa shape index (κ3) is 6.42. The van der Waals surface area contributed by atoms with Crippen LogP contribution < -0.4 is 20.1 Å². The number of nitrogens with one attached hydrogen (secondary N) is 2. The predicted molar refractivity (Wildman–Crippen MR) is 139 cm³/mol. The number of fused-ring (bicyclic) bond motifs is 1. The zero-order chi connectivity index (χ0) is 22.3. The maximum atomic E-state index is 12.7. The molecule has 3 rings (SSSR count). The lowest BCUT2D eigenvalue weighted by Crippen LogP contribution is -2.46. The molecule has 1 aliphatic heterocycles. The van der Waals surface area contributed by atoms with Gasteiger partial charge in [-0.15, -0.1) is 24.0 Å². The molecule has 0 spiro atoms. The second-order valence-corrected chi connectivity index (χ2v) is 8.70. The summed E-state index contributed by atoms with van der Waals surface area (Å²) in [5.41, 5.74) is 2.82. The number of rotatable bonds is 9. The molecule has 1 aliphatic carbocycles. The van der Waals surface area contributed by atoms with Crippen molar-refractivity contribution < 1.29 is 14.3 Å². The van der Waals surface area contributed by atoms with Gasteiger partial charge in [-0.25, -0.2) is 0 Å². The summed E-state index contributed by atoms with van der Waals surface area (Å²) in [5, 5.41) is 6.82. The van der Waals surface area contributed by atoms with E-state index in [0.717, 1.165) is 49.7 Å². The topological polar surface area (TPSA) is 75.2 Å². The van der Waals surface area contributed by atoms with Gasteiger partial charge in [-0.3, -0.25) is 9.79 Å². The number of aliphatic imine (C=N–C) groups is 1. The van der Waals surface area contributed by atoms with Crippen LogP contribution in [0.3, 0.4) is 0 Å². The van der Waals surface area contributed by atoms with Crippen LogP contribution in [-0.2, 0) is 17.8 Å². The Bertz CT molecular complexity index is 790. The summed E-state index contributed by atoms with van der Waals surface area (Å²) < 4.78 is 10.8. The number of carbonyl (C=O) groups excluding carboxylic acids is 1. The summed E-state index contributed by atoms with van der Waals surface area (Å²) in [7, 11) is 5.09. The van der Waals surface area contributed by atoms with Crippen LogP contribution in [0.2, 0.25) is 0 Å². The summed E-state index contributed by atoms with van der Waals surface area (Å²) in [5.74, 6) is 2.49. The lowest BCUT2D eigenvalue weighted by molar-refractivity contribution is -0.132. The molecular weight excluding hydrogens is 519 g/mol. The summed E-state index contributed by atoms with van der Waals surface area (Å²) in [6.07, 6.45) is 7.32. The van der Waals surface area contributed by atoms with Crippen molar-refractivity contribution in [3.8, 4) is 11.5 Å². The maximum absolute atomic E-state index is 12.7. The van der Waals surface area contributed by atoms with Crippen LogP contribution in [0.4, 0.5) is 0 Å². The van der Waals surface area contributed by atoms with Crippen LogP contribution in [0.5, 0.6) is 11.5 Å². The van der Waals surface area contributed by atoms with Crippen LogP contribution in [-0.4, -0.2) is 57.7 Å². The van der Waals surface area contributed by atoms with Gasteiger partial charge in [-0.1, -0.05) is 13.3 Å². The first-order valence-corrected chi connectivity index (χ1v) is 11.5. The lowest BCUT2D eigenvalue weighted by Gasteiger charge is -2.41. The van der Waals surface area contributed by atoms with Crippen LogP contribution in [0.15, 0.2) is 17.1 Å². The highest BCUT2D eigenvalue weighted by Crippen LogP contribution is 2.43. The van der Waals surface area contributed by atoms with Crippen LogP contribution in [0.25, 0.3) is 0 Å². The second-order valence-electron chi connectivity index (χ2n) is 8.70. The molecule has 32 heavy (non-hydrogen) atoms. The minimum Gasteiger partial charge on any atom is -0.493 e. The summed E-state index contributed by atoms with van der Waals surface area (Å²) >= 11 is 0. The molecule has 2 N–H and O–H groups in total. The second kappa shape index (κ2) is 12.5. The van der Waals surface area contributed by atoms with Crippen molar-refractivity contribution in [2.24, 2.45) is 10.4 Å². The zero-order valence-corrected chi connectivity index (χ0v) is 22.3. The highest BCUT2D eigenvalue weighted by atomic mass is 127. The highest BCUT2D eigenvalue weighted by Gasteiger charge is 2.34. The first kappa shape index (κ1) is 26.5. The Morgan fingerprint density at radius 3 is 2.41 bits per heavy atom. The number of ether oxygens (including phenoxy) is 2. The largest absolute Gasteiger partial charge is 0.493 e. The van der Waals surface area contributed by atoms with E-state index in [1.54, 1.807) is 21.3 Å². The fourth-order valence-electron chi connectivity index (χ4n) is 4.52. The number of amides is 1. The average Bonchev–Trinajstić information content (AvgIpc) is 2.78. The van der Waals surface area contributed by atoms with Gasteiger partial charge in [0.15, 0.2) is 17.5 Å². The molecule has 7 nitrogen and oxygen atoms in total. The average molecular weight is 559 g/mol. The van der Waals surface area contributed by atoms with Crippen LogP contribution >= 0.6 is 24.0 Å². The number of guanidine groups is 1. The first-order chi connectivity index (χ1) is 15.0. The van der Waals surface area contributed by atoms with Crippen LogP contribution in [0, 0.1) is 5.41 Å². The van der Waals surface area contributed by atoms with E-state index in [4.69, 9.17) is 9.47 Å². The highest BCUT2D eigenvalue weighted by molar-refractivity contribution is 14.0. The molecule has 1 saturated carbocycles.